The van der Waals surface area contributed by atoms with Gasteiger partial charge in [0.1, 0.15) is 5.69 Å². The summed E-state index contributed by atoms with van der Waals surface area (Å²) in [4.78, 5) is 0. The van der Waals surface area contributed by atoms with Crippen LogP contribution in [0.5, 0.6) is 5.75 Å². The van der Waals surface area contributed by atoms with Crippen LogP contribution in [-0.4, -0.2) is 23.9 Å². The highest BCUT2D eigenvalue weighted by molar-refractivity contribution is 5.39. The number of methoxy groups -OCH3 is 1. The van der Waals surface area contributed by atoms with Gasteiger partial charge in [-0.15, -0.1) is 0 Å². The van der Waals surface area contributed by atoms with E-state index in [4.69, 9.17) is 4.74 Å². The van der Waals surface area contributed by atoms with Gasteiger partial charge in [0.05, 0.1) is 19.3 Å². The zero-order chi connectivity index (χ0) is 14.7. The van der Waals surface area contributed by atoms with E-state index in [1.165, 1.54) is 16.7 Å². The van der Waals surface area contributed by atoms with E-state index in [0.717, 1.165) is 18.0 Å². The van der Waals surface area contributed by atoms with E-state index in [9.17, 15) is 0 Å². The van der Waals surface area contributed by atoms with E-state index in [1.54, 1.807) is 13.3 Å². The first kappa shape index (κ1) is 14.6. The molecule has 1 aromatic carbocycles. The third-order valence-corrected chi connectivity index (χ3v) is 3.50. The summed E-state index contributed by atoms with van der Waals surface area (Å²) in [5.41, 5.74) is 4.84. The molecule has 4 nitrogen and oxygen atoms in total. The number of hydrogen-bond acceptors (Lipinski definition) is 3. The quantitative estimate of drug-likeness (QED) is 0.910. The number of nitrogens with zero attached hydrogens (tertiary/aromatic N) is 2. The second-order valence-corrected chi connectivity index (χ2v) is 5.06. The maximum Gasteiger partial charge on any atom is 0.161 e. The smallest absolute Gasteiger partial charge is 0.161 e. The van der Waals surface area contributed by atoms with Gasteiger partial charge < -0.3 is 10.1 Å². The van der Waals surface area contributed by atoms with Crippen LogP contribution in [0.4, 0.5) is 0 Å². The van der Waals surface area contributed by atoms with E-state index in [2.05, 4.69) is 49.4 Å². The monoisotopic (exact) mass is 273 g/mol. The van der Waals surface area contributed by atoms with Gasteiger partial charge in [-0.3, -0.25) is 4.68 Å². The molecule has 0 aliphatic carbocycles. The van der Waals surface area contributed by atoms with Gasteiger partial charge in [0, 0.05) is 6.54 Å². The summed E-state index contributed by atoms with van der Waals surface area (Å²) in [6.45, 7) is 7.15. The summed E-state index contributed by atoms with van der Waals surface area (Å²) in [6.07, 6.45) is 1.78. The van der Waals surface area contributed by atoms with Crippen molar-refractivity contribution in [1.29, 1.82) is 0 Å². The Hall–Kier alpha value is -1.81. The lowest BCUT2D eigenvalue weighted by molar-refractivity contribution is 0.401. The van der Waals surface area contributed by atoms with E-state index < -0.39 is 0 Å². The van der Waals surface area contributed by atoms with Crippen molar-refractivity contribution >= 4 is 0 Å². The van der Waals surface area contributed by atoms with Crippen LogP contribution in [0.3, 0.4) is 0 Å². The molecule has 0 aliphatic heterocycles. The molecule has 4 heteroatoms. The van der Waals surface area contributed by atoms with Crippen molar-refractivity contribution in [2.75, 3.05) is 14.2 Å². The van der Waals surface area contributed by atoms with Gasteiger partial charge in [-0.05, 0) is 33.4 Å². The number of benzene rings is 1. The summed E-state index contributed by atoms with van der Waals surface area (Å²) >= 11 is 0. The number of aromatic nitrogens is 2. The van der Waals surface area contributed by atoms with Crippen LogP contribution < -0.4 is 10.1 Å². The average Bonchev–Trinajstić information content (AvgIpc) is 2.81. The summed E-state index contributed by atoms with van der Waals surface area (Å²) in [7, 11) is 3.66. The fourth-order valence-corrected chi connectivity index (χ4v) is 2.72. The molecule has 108 valence electrons. The maximum atomic E-state index is 5.47. The van der Waals surface area contributed by atoms with E-state index in [0.29, 0.717) is 0 Å². The lowest BCUT2D eigenvalue weighted by Gasteiger charge is -2.20. The van der Waals surface area contributed by atoms with E-state index in [1.807, 2.05) is 11.7 Å². The summed E-state index contributed by atoms with van der Waals surface area (Å²) < 4.78 is 7.45. The van der Waals surface area contributed by atoms with Crippen molar-refractivity contribution in [3.63, 3.8) is 0 Å². The Balaban J connectivity index is 2.54. The fraction of sp³-hybridized carbons (Fsp3) is 0.438. The second kappa shape index (κ2) is 6.09. The first-order chi connectivity index (χ1) is 9.60. The Morgan fingerprint density at radius 2 is 1.90 bits per heavy atom. The van der Waals surface area contributed by atoms with Gasteiger partial charge in [0.2, 0.25) is 0 Å². The van der Waals surface area contributed by atoms with Gasteiger partial charge in [-0.1, -0.05) is 29.3 Å². The van der Waals surface area contributed by atoms with Crippen molar-refractivity contribution in [1.82, 2.24) is 15.1 Å². The molecule has 0 radical (unpaired) electrons. The number of rotatable bonds is 5. The number of ether oxygens (including phenoxy) is 1. The molecule has 0 aliphatic rings. The molecule has 1 N–H and O–H groups in total. The molecule has 20 heavy (non-hydrogen) atoms. The largest absolute Gasteiger partial charge is 0.493 e. The minimum Gasteiger partial charge on any atom is -0.493 e. The standard InChI is InChI=1S/C16H23N3O/c1-6-19-16(14(20-5)10-18-19)15(17-4)13-8-11(2)7-12(3)9-13/h7-10,15,17H,6H2,1-5H3. The van der Waals surface area contributed by atoms with Crippen molar-refractivity contribution in [3.05, 3.63) is 46.8 Å². The molecule has 0 fully saturated rings. The van der Waals surface area contributed by atoms with Gasteiger partial charge in [-0.25, -0.2) is 0 Å². The first-order valence-corrected chi connectivity index (χ1v) is 6.95. The topological polar surface area (TPSA) is 39.1 Å². The molecule has 2 rings (SSSR count). The number of nitrogens with one attached hydrogen (secondary N) is 1. The van der Waals surface area contributed by atoms with Gasteiger partial charge in [0.25, 0.3) is 0 Å². The predicted molar refractivity (Wildman–Crippen MR) is 81.3 cm³/mol. The maximum absolute atomic E-state index is 5.47. The van der Waals surface area contributed by atoms with Crippen molar-refractivity contribution in [2.24, 2.45) is 0 Å². The Morgan fingerprint density at radius 3 is 2.40 bits per heavy atom. The van der Waals surface area contributed by atoms with Crippen LogP contribution in [-0.2, 0) is 6.54 Å². The lowest BCUT2D eigenvalue weighted by Crippen LogP contribution is -2.22. The molecule has 1 atom stereocenters. The average molecular weight is 273 g/mol. The highest BCUT2D eigenvalue weighted by atomic mass is 16.5. The first-order valence-electron chi connectivity index (χ1n) is 6.95. The Bertz CT molecular complexity index is 548. The Labute approximate surface area is 120 Å². The van der Waals surface area contributed by atoms with E-state index in [-0.39, 0.29) is 6.04 Å². The minimum absolute atomic E-state index is 0.0750. The Morgan fingerprint density at radius 1 is 1.25 bits per heavy atom. The van der Waals surface area contributed by atoms with Crippen LogP contribution in [0, 0.1) is 13.8 Å². The molecule has 1 heterocycles. The van der Waals surface area contributed by atoms with E-state index >= 15 is 0 Å². The van der Waals surface area contributed by atoms with Crippen LogP contribution in [0.25, 0.3) is 0 Å². The molecule has 0 spiro atoms. The molecule has 0 bridgehead atoms. The zero-order valence-electron chi connectivity index (χ0n) is 12.9. The highest BCUT2D eigenvalue weighted by Crippen LogP contribution is 2.30. The summed E-state index contributed by atoms with van der Waals surface area (Å²) in [6, 6.07) is 6.68. The van der Waals surface area contributed by atoms with Crippen molar-refractivity contribution in [2.45, 2.75) is 33.4 Å². The Kier molecular flexibility index (Phi) is 4.45. The van der Waals surface area contributed by atoms with Crippen LogP contribution >= 0.6 is 0 Å². The zero-order valence-corrected chi connectivity index (χ0v) is 12.9. The van der Waals surface area contributed by atoms with Gasteiger partial charge >= 0.3 is 0 Å². The van der Waals surface area contributed by atoms with Gasteiger partial charge in [-0.2, -0.15) is 5.10 Å². The predicted octanol–water partition coefficient (Wildman–Crippen LogP) is 2.84. The molecule has 1 aromatic heterocycles. The molecule has 0 amide bonds. The van der Waals surface area contributed by atoms with Crippen LogP contribution in [0.2, 0.25) is 0 Å². The van der Waals surface area contributed by atoms with Crippen molar-refractivity contribution in [3.8, 4) is 5.75 Å². The molecule has 2 aromatic rings. The third kappa shape index (κ3) is 2.70. The molecular formula is C16H23N3O. The fourth-order valence-electron chi connectivity index (χ4n) is 2.72. The second-order valence-electron chi connectivity index (χ2n) is 5.06. The lowest BCUT2D eigenvalue weighted by atomic mass is 9.98. The number of hydrogen-bond donors (Lipinski definition) is 1. The molecule has 0 saturated heterocycles. The summed E-state index contributed by atoms with van der Waals surface area (Å²) in [5, 5.41) is 7.78. The van der Waals surface area contributed by atoms with Crippen molar-refractivity contribution < 1.29 is 4.74 Å². The molecule has 0 saturated carbocycles. The molecular weight excluding hydrogens is 250 g/mol. The normalized spacial score (nSPS) is 12.4. The third-order valence-electron chi connectivity index (χ3n) is 3.50. The van der Waals surface area contributed by atoms with Crippen LogP contribution in [0.1, 0.15) is 35.3 Å². The summed E-state index contributed by atoms with van der Waals surface area (Å²) in [5.74, 6) is 0.824. The minimum atomic E-state index is 0.0750. The highest BCUT2D eigenvalue weighted by Gasteiger charge is 2.22. The SMILES string of the molecule is CCn1ncc(OC)c1C(NC)c1cc(C)cc(C)c1. The van der Waals surface area contributed by atoms with Gasteiger partial charge in [0.15, 0.2) is 5.75 Å². The van der Waals surface area contributed by atoms with Crippen LogP contribution in [0.15, 0.2) is 24.4 Å². The number of aryl methyl sites for hydroxylation is 3. The molecule has 1 unspecified atom stereocenters.